The zero-order chi connectivity index (χ0) is 11.4. The Morgan fingerprint density at radius 2 is 2.12 bits per heavy atom. The van der Waals surface area contributed by atoms with Crippen LogP contribution in [-0.2, 0) is 4.79 Å². The summed E-state index contributed by atoms with van der Waals surface area (Å²) in [5.41, 5.74) is 0.827. The minimum absolute atomic E-state index is 0.0433. The molecule has 0 fully saturated rings. The molecule has 0 spiro atoms. The summed E-state index contributed by atoms with van der Waals surface area (Å²) < 4.78 is 0. The van der Waals surface area contributed by atoms with Crippen LogP contribution in [-0.4, -0.2) is 22.5 Å². The molecule has 0 atom stereocenters. The van der Waals surface area contributed by atoms with Crippen molar-refractivity contribution in [3.8, 4) is 0 Å². The van der Waals surface area contributed by atoms with Crippen LogP contribution in [0, 0.1) is 0 Å². The number of carbonyl (C=O) groups excluding carboxylic acids is 1. The number of aliphatic carboxylic acids is 1. The Labute approximate surface area is 92.2 Å². The van der Waals surface area contributed by atoms with Gasteiger partial charge in [0.15, 0.2) is 0 Å². The summed E-state index contributed by atoms with van der Waals surface area (Å²) in [4.78, 5) is 18.4. The molecule has 0 saturated heterocycles. The zero-order valence-corrected chi connectivity index (χ0v) is 8.51. The van der Waals surface area contributed by atoms with Gasteiger partial charge >= 0.3 is 0 Å². The van der Waals surface area contributed by atoms with E-state index in [1.807, 2.05) is 24.3 Å². The molecule has 0 saturated carbocycles. The van der Waals surface area contributed by atoms with Crippen LogP contribution in [0.25, 0.3) is 10.9 Å². The molecular weight excluding hydrogens is 206 g/mol. The molecule has 1 aromatic carbocycles. The van der Waals surface area contributed by atoms with E-state index < -0.39 is 5.97 Å². The molecule has 82 valence electrons. The van der Waals surface area contributed by atoms with Crippen molar-refractivity contribution in [3.63, 3.8) is 0 Å². The highest BCUT2D eigenvalue weighted by Crippen LogP contribution is 2.17. The number of nitrogens with zero attached hydrogens (tertiary/aromatic N) is 2. The number of nitrogens with one attached hydrogen (secondary N) is 1. The predicted molar refractivity (Wildman–Crippen MR) is 57.7 cm³/mol. The summed E-state index contributed by atoms with van der Waals surface area (Å²) in [5.74, 6) is -0.433. The lowest BCUT2D eigenvalue weighted by atomic mass is 10.2. The Balaban J connectivity index is 2.20. The lowest BCUT2D eigenvalue weighted by Gasteiger charge is -2.08. The highest BCUT2D eigenvalue weighted by atomic mass is 16.4. The van der Waals surface area contributed by atoms with Gasteiger partial charge in [0, 0.05) is 24.3 Å². The lowest BCUT2D eigenvalue weighted by molar-refractivity contribution is -0.305. The summed E-state index contributed by atoms with van der Waals surface area (Å²) in [6.07, 6.45) is 1.40. The van der Waals surface area contributed by atoms with Gasteiger partial charge in [-0.25, -0.2) is 9.97 Å². The molecule has 0 unspecified atom stereocenters. The molecular formula is C11H10N3O2-. The molecule has 1 heterocycles. The van der Waals surface area contributed by atoms with Gasteiger partial charge < -0.3 is 15.2 Å². The van der Waals surface area contributed by atoms with Crippen LogP contribution in [0.5, 0.6) is 0 Å². The SMILES string of the molecule is O=C([O-])CCNc1ncnc2ccccc12. The van der Waals surface area contributed by atoms with Gasteiger partial charge in [0.1, 0.15) is 12.1 Å². The van der Waals surface area contributed by atoms with Gasteiger partial charge in [0.2, 0.25) is 0 Å². The third-order valence-electron chi connectivity index (χ3n) is 2.16. The fraction of sp³-hybridized carbons (Fsp3) is 0.182. The highest BCUT2D eigenvalue weighted by Gasteiger charge is 2.01. The van der Waals surface area contributed by atoms with Gasteiger partial charge in [-0.2, -0.15) is 0 Å². The molecule has 0 aliphatic carbocycles. The van der Waals surface area contributed by atoms with Crippen molar-refractivity contribution in [1.82, 2.24) is 9.97 Å². The number of rotatable bonds is 4. The fourth-order valence-corrected chi connectivity index (χ4v) is 1.43. The second-order valence-corrected chi connectivity index (χ2v) is 3.29. The van der Waals surface area contributed by atoms with Crippen LogP contribution >= 0.6 is 0 Å². The summed E-state index contributed by atoms with van der Waals surface area (Å²) in [5, 5.41) is 14.1. The van der Waals surface area contributed by atoms with E-state index in [2.05, 4.69) is 15.3 Å². The third-order valence-corrected chi connectivity index (χ3v) is 2.16. The van der Waals surface area contributed by atoms with E-state index >= 15 is 0 Å². The predicted octanol–water partition coefficient (Wildman–Crippen LogP) is 0.182. The van der Waals surface area contributed by atoms with Gasteiger partial charge in [-0.1, -0.05) is 12.1 Å². The Morgan fingerprint density at radius 3 is 2.94 bits per heavy atom. The first-order valence-corrected chi connectivity index (χ1v) is 4.91. The van der Waals surface area contributed by atoms with E-state index in [9.17, 15) is 9.90 Å². The normalized spacial score (nSPS) is 10.2. The van der Waals surface area contributed by atoms with Crippen molar-refractivity contribution in [2.75, 3.05) is 11.9 Å². The first kappa shape index (κ1) is 10.4. The molecule has 0 bridgehead atoms. The number of benzene rings is 1. The Kier molecular flexibility index (Phi) is 2.95. The molecule has 2 rings (SSSR count). The Hall–Kier alpha value is -2.17. The van der Waals surface area contributed by atoms with Crippen molar-refractivity contribution >= 4 is 22.7 Å². The van der Waals surface area contributed by atoms with Crippen LogP contribution in [0.4, 0.5) is 5.82 Å². The van der Waals surface area contributed by atoms with Crippen LogP contribution in [0.3, 0.4) is 0 Å². The highest BCUT2D eigenvalue weighted by molar-refractivity contribution is 5.88. The van der Waals surface area contributed by atoms with Crippen LogP contribution in [0.2, 0.25) is 0 Å². The van der Waals surface area contributed by atoms with Crippen molar-refractivity contribution < 1.29 is 9.90 Å². The second kappa shape index (κ2) is 4.57. The maximum absolute atomic E-state index is 10.3. The maximum Gasteiger partial charge on any atom is 0.137 e. The van der Waals surface area contributed by atoms with Crippen molar-refractivity contribution in [2.45, 2.75) is 6.42 Å². The van der Waals surface area contributed by atoms with E-state index in [1.54, 1.807) is 0 Å². The summed E-state index contributed by atoms with van der Waals surface area (Å²) >= 11 is 0. The van der Waals surface area contributed by atoms with E-state index in [1.165, 1.54) is 6.33 Å². The quantitative estimate of drug-likeness (QED) is 0.788. The van der Waals surface area contributed by atoms with Gasteiger partial charge in [-0.05, 0) is 12.1 Å². The van der Waals surface area contributed by atoms with Crippen molar-refractivity contribution in [2.24, 2.45) is 0 Å². The first-order valence-electron chi connectivity index (χ1n) is 4.91. The number of fused-ring (bicyclic) bond motifs is 1. The average molecular weight is 216 g/mol. The molecule has 1 aromatic heterocycles. The minimum Gasteiger partial charge on any atom is -0.550 e. The molecule has 1 N–H and O–H groups in total. The van der Waals surface area contributed by atoms with Gasteiger partial charge in [-0.3, -0.25) is 0 Å². The van der Waals surface area contributed by atoms with Gasteiger partial charge in [-0.15, -0.1) is 0 Å². The number of para-hydroxylation sites is 1. The van der Waals surface area contributed by atoms with Crippen LogP contribution in [0.15, 0.2) is 30.6 Å². The molecule has 0 amide bonds. The monoisotopic (exact) mass is 216 g/mol. The second-order valence-electron chi connectivity index (χ2n) is 3.29. The molecule has 0 aliphatic heterocycles. The summed E-state index contributed by atoms with van der Waals surface area (Å²) in [6, 6.07) is 7.54. The summed E-state index contributed by atoms with van der Waals surface area (Å²) in [6.45, 7) is 0.295. The smallest absolute Gasteiger partial charge is 0.137 e. The maximum atomic E-state index is 10.3. The number of carboxylic acid groups (broad SMARTS) is 1. The Bertz CT molecular complexity index is 508. The molecule has 5 nitrogen and oxygen atoms in total. The number of carbonyl (C=O) groups is 1. The van der Waals surface area contributed by atoms with E-state index in [0.717, 1.165) is 10.9 Å². The van der Waals surface area contributed by atoms with Crippen LogP contribution in [0.1, 0.15) is 6.42 Å². The standard InChI is InChI=1S/C11H11N3O2/c15-10(16)5-6-12-11-8-3-1-2-4-9(8)13-7-14-11/h1-4,7H,5-6H2,(H,15,16)(H,12,13,14)/p-1. The van der Waals surface area contributed by atoms with Gasteiger partial charge in [0.05, 0.1) is 5.52 Å². The number of anilines is 1. The minimum atomic E-state index is -1.08. The number of hydrogen-bond donors (Lipinski definition) is 1. The van der Waals surface area contributed by atoms with Crippen LogP contribution < -0.4 is 10.4 Å². The topological polar surface area (TPSA) is 77.9 Å². The largest absolute Gasteiger partial charge is 0.550 e. The Morgan fingerprint density at radius 1 is 1.31 bits per heavy atom. The molecule has 16 heavy (non-hydrogen) atoms. The third kappa shape index (κ3) is 2.25. The first-order chi connectivity index (χ1) is 7.77. The average Bonchev–Trinajstić information content (AvgIpc) is 2.29. The van der Waals surface area contributed by atoms with E-state index in [0.29, 0.717) is 12.4 Å². The fourth-order valence-electron chi connectivity index (χ4n) is 1.43. The number of hydrogen-bond acceptors (Lipinski definition) is 5. The molecule has 0 radical (unpaired) electrons. The molecule has 2 aromatic rings. The summed E-state index contributed by atoms with van der Waals surface area (Å²) in [7, 11) is 0. The molecule has 5 heteroatoms. The lowest BCUT2D eigenvalue weighted by Crippen LogP contribution is -2.24. The zero-order valence-electron chi connectivity index (χ0n) is 8.51. The number of carboxylic acids is 1. The molecule has 0 aliphatic rings. The van der Waals surface area contributed by atoms with E-state index in [-0.39, 0.29) is 6.42 Å². The van der Waals surface area contributed by atoms with Gasteiger partial charge in [0.25, 0.3) is 0 Å². The van der Waals surface area contributed by atoms with Crippen molar-refractivity contribution in [1.29, 1.82) is 0 Å². The van der Waals surface area contributed by atoms with E-state index in [4.69, 9.17) is 0 Å². The number of aromatic nitrogens is 2. The van der Waals surface area contributed by atoms with Crippen molar-refractivity contribution in [3.05, 3.63) is 30.6 Å².